The van der Waals surface area contributed by atoms with E-state index in [-0.39, 0.29) is 0 Å². The molecule has 0 aromatic heterocycles. The van der Waals surface area contributed by atoms with Gasteiger partial charge in [0.2, 0.25) is 5.91 Å². The van der Waals surface area contributed by atoms with Crippen molar-refractivity contribution in [3.05, 3.63) is 42.0 Å². The Bertz CT molecular complexity index is 671. The summed E-state index contributed by atoms with van der Waals surface area (Å²) in [5.41, 5.74) is 7.13. The normalized spacial score (nSPS) is 16.6. The number of hydrogen-bond acceptors (Lipinski definition) is 3. The van der Waals surface area contributed by atoms with Gasteiger partial charge in [-0.2, -0.15) is 13.2 Å². The zero-order valence-corrected chi connectivity index (χ0v) is 13.7. The van der Waals surface area contributed by atoms with Crippen molar-refractivity contribution in [2.45, 2.75) is 38.0 Å². The van der Waals surface area contributed by atoms with Gasteiger partial charge < -0.3 is 16.0 Å². The van der Waals surface area contributed by atoms with E-state index in [1.165, 1.54) is 11.8 Å². The Hall–Kier alpha value is -2.35. The summed E-state index contributed by atoms with van der Waals surface area (Å²) in [6, 6.07) is 5.07. The molecule has 2 rings (SSSR count). The Morgan fingerprint density at radius 3 is 2.68 bits per heavy atom. The molecule has 0 saturated carbocycles. The molecular weight excluding hydrogens is 335 g/mol. The van der Waals surface area contributed by atoms with Gasteiger partial charge in [0.1, 0.15) is 0 Å². The minimum Gasteiger partial charge on any atom is -0.348 e. The minimum atomic E-state index is -4.48. The summed E-state index contributed by atoms with van der Waals surface area (Å²) in [6.45, 7) is 1.84. The number of nitrogens with zero attached hydrogens (tertiary/aromatic N) is 1. The van der Waals surface area contributed by atoms with Crippen molar-refractivity contribution in [3.8, 4) is 0 Å². The van der Waals surface area contributed by atoms with Crippen LogP contribution in [-0.4, -0.2) is 36.6 Å². The second kappa shape index (κ2) is 7.69. The van der Waals surface area contributed by atoms with Crippen molar-refractivity contribution in [1.29, 1.82) is 0 Å². The number of amides is 2. The first kappa shape index (κ1) is 19.0. The van der Waals surface area contributed by atoms with E-state index in [0.717, 1.165) is 23.4 Å². The second-order valence-corrected chi connectivity index (χ2v) is 5.95. The summed E-state index contributed by atoms with van der Waals surface area (Å²) in [5.74, 6) is -1.13. The number of fused-ring (bicyclic) bond motifs is 1. The molecule has 1 aliphatic rings. The number of carbonyl (C=O) groups is 2. The van der Waals surface area contributed by atoms with Gasteiger partial charge in [0.05, 0.1) is 18.5 Å². The van der Waals surface area contributed by atoms with Gasteiger partial charge in [-0.15, -0.1) is 0 Å². The summed E-state index contributed by atoms with van der Waals surface area (Å²) < 4.78 is 38.0. The van der Waals surface area contributed by atoms with Gasteiger partial charge in [-0.3, -0.25) is 9.59 Å². The second-order valence-electron chi connectivity index (χ2n) is 5.95. The van der Waals surface area contributed by atoms with Crippen LogP contribution in [0.2, 0.25) is 0 Å². The number of nitrogens with two attached hydrogens (primary N) is 1. The van der Waals surface area contributed by atoms with E-state index >= 15 is 0 Å². The lowest BCUT2D eigenvalue weighted by atomic mass is 10.1. The maximum atomic E-state index is 12.7. The van der Waals surface area contributed by atoms with Crippen LogP contribution in [0.25, 0.3) is 0 Å². The number of halogens is 3. The van der Waals surface area contributed by atoms with Gasteiger partial charge in [0.25, 0.3) is 5.91 Å². The predicted molar refractivity (Wildman–Crippen MR) is 87.9 cm³/mol. The molecule has 0 radical (unpaired) electrons. The molecule has 0 bridgehead atoms. The molecule has 3 N–H and O–H groups in total. The summed E-state index contributed by atoms with van der Waals surface area (Å²) in [4.78, 5) is 25.4. The molecule has 0 fully saturated rings. The molecule has 0 spiro atoms. The van der Waals surface area contributed by atoms with Crippen LogP contribution in [0, 0.1) is 0 Å². The standard InChI is InChI=1S/C17H20F3N3O2/c1-11(21)16(25)22-13(10-17(18,19)20)6-7-15(24)23-9-8-12-4-2-3-5-14(12)23/h2-7,11,13H,8-10,21H2,1H3,(H,22,25)/t11-,13?/m0/s1. The summed E-state index contributed by atoms with van der Waals surface area (Å²) in [6.07, 6.45) is -2.92. The molecule has 1 unspecified atom stereocenters. The average molecular weight is 355 g/mol. The van der Waals surface area contributed by atoms with Gasteiger partial charge >= 0.3 is 6.18 Å². The molecule has 1 heterocycles. The summed E-state index contributed by atoms with van der Waals surface area (Å²) in [5, 5.41) is 2.20. The molecule has 2 amide bonds. The van der Waals surface area contributed by atoms with Gasteiger partial charge in [-0.05, 0) is 25.0 Å². The SMILES string of the molecule is C[C@H](N)C(=O)NC(C=CC(=O)N1CCc2ccccc21)CC(F)(F)F. The molecule has 1 aliphatic heterocycles. The largest absolute Gasteiger partial charge is 0.391 e. The fourth-order valence-corrected chi connectivity index (χ4v) is 2.59. The molecule has 25 heavy (non-hydrogen) atoms. The van der Waals surface area contributed by atoms with Gasteiger partial charge in [-0.1, -0.05) is 24.3 Å². The molecule has 0 saturated heterocycles. The van der Waals surface area contributed by atoms with Gasteiger partial charge in [0, 0.05) is 18.3 Å². The Balaban J connectivity index is 2.09. The van der Waals surface area contributed by atoms with Gasteiger partial charge in [0.15, 0.2) is 0 Å². The number of alkyl halides is 3. The van der Waals surface area contributed by atoms with Crippen molar-refractivity contribution in [3.63, 3.8) is 0 Å². The van der Waals surface area contributed by atoms with Crippen LogP contribution < -0.4 is 16.0 Å². The Morgan fingerprint density at radius 1 is 1.36 bits per heavy atom. The van der Waals surface area contributed by atoms with Gasteiger partial charge in [-0.25, -0.2) is 0 Å². The van der Waals surface area contributed by atoms with Crippen LogP contribution in [0.5, 0.6) is 0 Å². The van der Waals surface area contributed by atoms with Crippen molar-refractivity contribution >= 4 is 17.5 Å². The van der Waals surface area contributed by atoms with E-state index in [1.54, 1.807) is 12.1 Å². The highest BCUT2D eigenvalue weighted by Gasteiger charge is 2.32. The highest BCUT2D eigenvalue weighted by atomic mass is 19.4. The number of nitrogens with one attached hydrogen (secondary N) is 1. The van der Waals surface area contributed by atoms with Crippen LogP contribution in [-0.2, 0) is 16.0 Å². The summed E-state index contributed by atoms with van der Waals surface area (Å²) >= 11 is 0. The third-order valence-electron chi connectivity index (χ3n) is 3.82. The number of anilines is 1. The topological polar surface area (TPSA) is 75.4 Å². The van der Waals surface area contributed by atoms with E-state index in [9.17, 15) is 22.8 Å². The fourth-order valence-electron chi connectivity index (χ4n) is 2.59. The van der Waals surface area contributed by atoms with Crippen LogP contribution in [0.3, 0.4) is 0 Å². The van der Waals surface area contributed by atoms with Crippen molar-refractivity contribution in [1.82, 2.24) is 5.32 Å². The highest BCUT2D eigenvalue weighted by Crippen LogP contribution is 2.27. The zero-order chi connectivity index (χ0) is 18.6. The first-order valence-corrected chi connectivity index (χ1v) is 7.87. The lowest BCUT2D eigenvalue weighted by molar-refractivity contribution is -0.140. The van der Waals surface area contributed by atoms with E-state index in [1.807, 2.05) is 12.1 Å². The monoisotopic (exact) mass is 355 g/mol. The van der Waals surface area contributed by atoms with Crippen LogP contribution >= 0.6 is 0 Å². The molecular formula is C17H20F3N3O2. The Morgan fingerprint density at radius 2 is 2.04 bits per heavy atom. The average Bonchev–Trinajstić information content (AvgIpc) is 2.94. The molecule has 136 valence electrons. The third-order valence-corrected chi connectivity index (χ3v) is 3.82. The van der Waals surface area contributed by atoms with Crippen LogP contribution in [0.4, 0.5) is 18.9 Å². The van der Waals surface area contributed by atoms with E-state index in [0.29, 0.717) is 13.0 Å². The maximum Gasteiger partial charge on any atom is 0.391 e. The number of carbonyl (C=O) groups excluding carboxylic acids is 2. The van der Waals surface area contributed by atoms with E-state index in [2.05, 4.69) is 5.32 Å². The quantitative estimate of drug-likeness (QED) is 0.793. The number of benzene rings is 1. The number of rotatable bonds is 5. The third kappa shape index (κ3) is 5.32. The molecule has 8 heteroatoms. The molecule has 2 atom stereocenters. The van der Waals surface area contributed by atoms with Crippen molar-refractivity contribution in [2.24, 2.45) is 5.73 Å². The smallest absolute Gasteiger partial charge is 0.348 e. The van der Waals surface area contributed by atoms with Crippen LogP contribution in [0.15, 0.2) is 36.4 Å². The zero-order valence-electron chi connectivity index (χ0n) is 13.7. The highest BCUT2D eigenvalue weighted by molar-refractivity contribution is 6.03. The lowest BCUT2D eigenvalue weighted by Crippen LogP contribution is -2.44. The first-order chi connectivity index (χ1) is 11.7. The molecule has 1 aromatic rings. The Labute approximate surface area is 143 Å². The Kier molecular flexibility index (Phi) is 5.84. The molecule has 1 aromatic carbocycles. The maximum absolute atomic E-state index is 12.7. The van der Waals surface area contributed by atoms with E-state index < -0.39 is 36.5 Å². The lowest BCUT2D eigenvalue weighted by Gasteiger charge is -2.19. The molecule has 5 nitrogen and oxygen atoms in total. The number of hydrogen-bond donors (Lipinski definition) is 2. The summed E-state index contributed by atoms with van der Waals surface area (Å²) in [7, 11) is 0. The van der Waals surface area contributed by atoms with Crippen molar-refractivity contribution < 1.29 is 22.8 Å². The predicted octanol–water partition coefficient (Wildman–Crippen LogP) is 1.92. The fraction of sp³-hybridized carbons (Fsp3) is 0.412. The van der Waals surface area contributed by atoms with Crippen LogP contribution in [0.1, 0.15) is 18.9 Å². The van der Waals surface area contributed by atoms with Crippen molar-refractivity contribution in [2.75, 3.05) is 11.4 Å². The molecule has 0 aliphatic carbocycles. The first-order valence-electron chi connectivity index (χ1n) is 7.87. The number of para-hydroxylation sites is 1. The van der Waals surface area contributed by atoms with E-state index in [4.69, 9.17) is 5.73 Å². The minimum absolute atomic E-state index is 0.424.